The Labute approximate surface area is 114 Å². The number of methoxy groups -OCH3 is 1. The smallest absolute Gasteiger partial charge is 0.119 e. The van der Waals surface area contributed by atoms with Gasteiger partial charge >= 0.3 is 0 Å². The first-order valence-corrected chi connectivity index (χ1v) is 7.53. The van der Waals surface area contributed by atoms with Crippen LogP contribution in [0.4, 0.5) is 0 Å². The fourth-order valence-corrected chi connectivity index (χ4v) is 5.13. The minimum Gasteiger partial charge on any atom is -0.497 e. The van der Waals surface area contributed by atoms with E-state index in [0.717, 1.165) is 40.5 Å². The molecule has 2 nitrogen and oxygen atoms in total. The highest BCUT2D eigenvalue weighted by atomic mass is 16.5. The Balaban J connectivity index is 1.57. The SMILES string of the molecule is COc1ccc(C(O)C2C3C4CCC(C4)C32)c(C)c1. The highest BCUT2D eigenvalue weighted by Gasteiger charge is 2.66. The van der Waals surface area contributed by atoms with Gasteiger partial charge in [-0.25, -0.2) is 0 Å². The molecule has 2 bridgehead atoms. The minimum atomic E-state index is -0.260. The molecule has 0 aliphatic heterocycles. The Morgan fingerprint density at radius 2 is 1.89 bits per heavy atom. The zero-order chi connectivity index (χ0) is 13.1. The molecule has 1 aromatic carbocycles. The molecule has 19 heavy (non-hydrogen) atoms. The van der Waals surface area contributed by atoms with Crippen LogP contribution in [0.3, 0.4) is 0 Å². The van der Waals surface area contributed by atoms with E-state index in [4.69, 9.17) is 4.74 Å². The van der Waals surface area contributed by atoms with E-state index >= 15 is 0 Å². The Hall–Kier alpha value is -1.02. The van der Waals surface area contributed by atoms with Crippen LogP contribution < -0.4 is 4.74 Å². The minimum absolute atomic E-state index is 0.260. The number of rotatable bonds is 3. The van der Waals surface area contributed by atoms with Gasteiger partial charge in [-0.05, 0) is 79.0 Å². The largest absolute Gasteiger partial charge is 0.497 e. The Kier molecular flexibility index (Phi) is 2.47. The van der Waals surface area contributed by atoms with E-state index in [9.17, 15) is 5.11 Å². The molecule has 0 amide bonds. The molecule has 3 aliphatic carbocycles. The molecule has 3 fully saturated rings. The Bertz CT molecular complexity index is 494. The molecule has 1 aromatic rings. The summed E-state index contributed by atoms with van der Waals surface area (Å²) in [6.07, 6.45) is 4.01. The molecule has 3 aliphatic rings. The second-order valence-electron chi connectivity index (χ2n) is 6.73. The summed E-state index contributed by atoms with van der Waals surface area (Å²) in [6.45, 7) is 2.08. The fraction of sp³-hybridized carbons (Fsp3) is 0.647. The van der Waals surface area contributed by atoms with Crippen LogP contribution in [-0.2, 0) is 0 Å². The normalized spacial score (nSPS) is 40.1. The first-order valence-electron chi connectivity index (χ1n) is 7.53. The lowest BCUT2D eigenvalue weighted by Crippen LogP contribution is -2.09. The van der Waals surface area contributed by atoms with Crippen molar-refractivity contribution >= 4 is 0 Å². The summed E-state index contributed by atoms with van der Waals surface area (Å²) in [4.78, 5) is 0. The monoisotopic (exact) mass is 258 g/mol. The van der Waals surface area contributed by atoms with Gasteiger partial charge < -0.3 is 9.84 Å². The van der Waals surface area contributed by atoms with E-state index in [2.05, 4.69) is 13.0 Å². The van der Waals surface area contributed by atoms with Crippen LogP contribution >= 0.6 is 0 Å². The van der Waals surface area contributed by atoms with Gasteiger partial charge in [-0.3, -0.25) is 0 Å². The molecular weight excluding hydrogens is 236 g/mol. The summed E-state index contributed by atoms with van der Waals surface area (Å²) in [5.41, 5.74) is 2.27. The standard InChI is InChI=1S/C17H22O2/c1-9-7-12(19-2)5-6-13(9)17(18)16-14-10-3-4-11(8-10)15(14)16/h5-7,10-11,14-18H,3-4,8H2,1-2H3. The van der Waals surface area contributed by atoms with Crippen molar-refractivity contribution < 1.29 is 9.84 Å². The van der Waals surface area contributed by atoms with E-state index in [0.29, 0.717) is 5.92 Å². The van der Waals surface area contributed by atoms with Crippen LogP contribution in [-0.4, -0.2) is 12.2 Å². The summed E-state index contributed by atoms with van der Waals surface area (Å²) < 4.78 is 5.24. The van der Waals surface area contributed by atoms with Gasteiger partial charge in [0.05, 0.1) is 13.2 Å². The molecular formula is C17H22O2. The van der Waals surface area contributed by atoms with Crippen LogP contribution in [0.2, 0.25) is 0 Å². The first kappa shape index (κ1) is 11.8. The molecule has 0 spiro atoms. The third-order valence-corrected chi connectivity index (χ3v) is 5.96. The number of aliphatic hydroxyl groups excluding tert-OH is 1. The summed E-state index contributed by atoms with van der Waals surface area (Å²) in [5.74, 6) is 4.93. The van der Waals surface area contributed by atoms with Gasteiger partial charge in [-0.1, -0.05) is 6.07 Å². The predicted molar refractivity (Wildman–Crippen MR) is 74.0 cm³/mol. The van der Waals surface area contributed by atoms with E-state index in [-0.39, 0.29) is 6.10 Å². The molecule has 0 aromatic heterocycles. The number of fused-ring (bicyclic) bond motifs is 5. The van der Waals surface area contributed by atoms with Crippen molar-refractivity contribution in [1.29, 1.82) is 0 Å². The Morgan fingerprint density at radius 1 is 1.21 bits per heavy atom. The van der Waals surface area contributed by atoms with Crippen LogP contribution in [0.1, 0.15) is 36.5 Å². The second-order valence-corrected chi connectivity index (χ2v) is 6.73. The quantitative estimate of drug-likeness (QED) is 0.901. The van der Waals surface area contributed by atoms with Gasteiger partial charge in [-0.2, -0.15) is 0 Å². The second kappa shape index (κ2) is 3.99. The number of aryl methyl sites for hydroxylation is 1. The van der Waals surface area contributed by atoms with Crippen LogP contribution in [0.15, 0.2) is 18.2 Å². The number of hydrogen-bond donors (Lipinski definition) is 1. The van der Waals surface area contributed by atoms with Gasteiger partial charge in [-0.15, -0.1) is 0 Å². The van der Waals surface area contributed by atoms with E-state index in [1.807, 2.05) is 12.1 Å². The fourth-order valence-electron chi connectivity index (χ4n) is 5.13. The summed E-state index contributed by atoms with van der Waals surface area (Å²) in [7, 11) is 1.69. The summed E-state index contributed by atoms with van der Waals surface area (Å²) in [5, 5.41) is 10.7. The molecule has 102 valence electrons. The van der Waals surface area contributed by atoms with Gasteiger partial charge in [0.2, 0.25) is 0 Å². The molecule has 2 heteroatoms. The lowest BCUT2D eigenvalue weighted by atomic mass is 9.93. The first-order chi connectivity index (χ1) is 9.20. The topological polar surface area (TPSA) is 29.5 Å². The van der Waals surface area contributed by atoms with Crippen molar-refractivity contribution in [3.63, 3.8) is 0 Å². The number of benzene rings is 1. The lowest BCUT2D eigenvalue weighted by molar-refractivity contribution is 0.129. The number of ether oxygens (including phenoxy) is 1. The third kappa shape index (κ3) is 1.59. The molecule has 4 rings (SSSR count). The van der Waals surface area contributed by atoms with Crippen LogP contribution in [0, 0.1) is 36.5 Å². The maximum atomic E-state index is 10.7. The van der Waals surface area contributed by atoms with Crippen molar-refractivity contribution in [3.05, 3.63) is 29.3 Å². The zero-order valence-electron chi connectivity index (χ0n) is 11.7. The van der Waals surface area contributed by atoms with Crippen LogP contribution in [0.25, 0.3) is 0 Å². The molecule has 5 atom stereocenters. The average molecular weight is 258 g/mol. The van der Waals surface area contributed by atoms with Gasteiger partial charge in [0.15, 0.2) is 0 Å². The summed E-state index contributed by atoms with van der Waals surface area (Å²) in [6, 6.07) is 6.05. The molecule has 0 saturated heterocycles. The highest BCUT2D eigenvalue weighted by Crippen LogP contribution is 2.72. The van der Waals surface area contributed by atoms with Crippen molar-refractivity contribution in [1.82, 2.24) is 0 Å². The van der Waals surface area contributed by atoms with Gasteiger partial charge in [0.25, 0.3) is 0 Å². The predicted octanol–water partition coefficient (Wildman–Crippen LogP) is 3.33. The van der Waals surface area contributed by atoms with Crippen LogP contribution in [0.5, 0.6) is 5.75 Å². The Morgan fingerprint density at radius 3 is 2.47 bits per heavy atom. The van der Waals surface area contributed by atoms with E-state index in [1.54, 1.807) is 7.11 Å². The van der Waals surface area contributed by atoms with E-state index < -0.39 is 0 Å². The van der Waals surface area contributed by atoms with Crippen molar-refractivity contribution in [2.24, 2.45) is 29.6 Å². The van der Waals surface area contributed by atoms with E-state index in [1.165, 1.54) is 19.3 Å². The van der Waals surface area contributed by atoms with Crippen molar-refractivity contribution in [2.75, 3.05) is 7.11 Å². The zero-order valence-corrected chi connectivity index (χ0v) is 11.7. The number of hydrogen-bond acceptors (Lipinski definition) is 2. The molecule has 0 heterocycles. The average Bonchev–Trinajstić information content (AvgIpc) is 2.86. The molecule has 1 N–H and O–H groups in total. The third-order valence-electron chi connectivity index (χ3n) is 5.96. The lowest BCUT2D eigenvalue weighted by Gasteiger charge is -2.18. The molecule has 5 unspecified atom stereocenters. The van der Waals surface area contributed by atoms with Gasteiger partial charge in [0.1, 0.15) is 5.75 Å². The maximum Gasteiger partial charge on any atom is 0.119 e. The molecule has 3 saturated carbocycles. The summed E-state index contributed by atoms with van der Waals surface area (Å²) >= 11 is 0. The highest BCUT2D eigenvalue weighted by molar-refractivity contribution is 5.37. The maximum absolute atomic E-state index is 10.7. The van der Waals surface area contributed by atoms with Crippen molar-refractivity contribution in [3.8, 4) is 5.75 Å². The van der Waals surface area contributed by atoms with Gasteiger partial charge in [0, 0.05) is 0 Å². The molecule has 0 radical (unpaired) electrons. The van der Waals surface area contributed by atoms with Crippen molar-refractivity contribution in [2.45, 2.75) is 32.3 Å². The number of aliphatic hydroxyl groups is 1.